The summed E-state index contributed by atoms with van der Waals surface area (Å²) < 4.78 is 0. The molecule has 2 heterocycles. The highest BCUT2D eigenvalue weighted by Gasteiger charge is 2.55. The van der Waals surface area contributed by atoms with Crippen molar-refractivity contribution in [2.45, 2.75) is 58.6 Å². The molecule has 15 heavy (non-hydrogen) atoms. The molecule has 0 unspecified atom stereocenters. The lowest BCUT2D eigenvalue weighted by Gasteiger charge is -2.31. The zero-order valence-electron chi connectivity index (χ0n) is 10.3. The fraction of sp³-hybridized carbons (Fsp3) is 0.917. The average molecular weight is 213 g/mol. The second-order valence-corrected chi connectivity index (χ2v) is 5.11. The van der Waals surface area contributed by atoms with Crippen molar-refractivity contribution < 1.29 is 9.90 Å². The summed E-state index contributed by atoms with van der Waals surface area (Å²) in [5.41, 5.74) is -0.519. The van der Waals surface area contributed by atoms with Crippen LogP contribution in [0.5, 0.6) is 0 Å². The Labute approximate surface area is 92.5 Å². The van der Waals surface area contributed by atoms with E-state index in [0.717, 1.165) is 12.8 Å². The molecule has 88 valence electrons. The SMILES string of the molecule is CC(C)C(=O)N1CC2(O)CC1C2.CCC. The molecule has 0 spiro atoms. The van der Waals surface area contributed by atoms with Crippen molar-refractivity contribution in [1.82, 2.24) is 4.90 Å². The number of rotatable bonds is 1. The van der Waals surface area contributed by atoms with Gasteiger partial charge in [0.05, 0.1) is 5.60 Å². The highest BCUT2D eigenvalue weighted by Crippen LogP contribution is 2.44. The van der Waals surface area contributed by atoms with Crippen LogP contribution in [0.25, 0.3) is 0 Å². The molecule has 1 amide bonds. The van der Waals surface area contributed by atoms with Crippen molar-refractivity contribution in [1.29, 1.82) is 0 Å². The summed E-state index contributed by atoms with van der Waals surface area (Å²) in [6.45, 7) is 8.62. The highest BCUT2D eigenvalue weighted by atomic mass is 16.3. The quantitative estimate of drug-likeness (QED) is 0.721. The smallest absolute Gasteiger partial charge is 0.225 e. The summed E-state index contributed by atoms with van der Waals surface area (Å²) in [7, 11) is 0. The molecule has 0 atom stereocenters. The largest absolute Gasteiger partial charge is 0.388 e. The lowest BCUT2D eigenvalue weighted by molar-refractivity contribution is -0.134. The molecule has 3 nitrogen and oxygen atoms in total. The fourth-order valence-corrected chi connectivity index (χ4v) is 2.20. The van der Waals surface area contributed by atoms with Crippen LogP contribution in [0.4, 0.5) is 0 Å². The van der Waals surface area contributed by atoms with Crippen LogP contribution in [0.2, 0.25) is 0 Å². The van der Waals surface area contributed by atoms with Gasteiger partial charge in [-0.3, -0.25) is 4.79 Å². The molecule has 1 aliphatic carbocycles. The molecule has 3 fully saturated rings. The van der Waals surface area contributed by atoms with Crippen LogP contribution in [0, 0.1) is 5.92 Å². The Morgan fingerprint density at radius 1 is 1.47 bits per heavy atom. The van der Waals surface area contributed by atoms with Crippen LogP contribution in [0.3, 0.4) is 0 Å². The van der Waals surface area contributed by atoms with Crippen LogP contribution in [-0.2, 0) is 4.79 Å². The number of fused-ring (bicyclic) bond motifs is 1. The van der Waals surface area contributed by atoms with E-state index in [-0.39, 0.29) is 11.8 Å². The molecule has 2 saturated heterocycles. The van der Waals surface area contributed by atoms with E-state index in [1.54, 1.807) is 0 Å². The van der Waals surface area contributed by atoms with Crippen LogP contribution in [0.1, 0.15) is 47.0 Å². The minimum absolute atomic E-state index is 0.0629. The minimum Gasteiger partial charge on any atom is -0.388 e. The summed E-state index contributed by atoms with van der Waals surface area (Å²) >= 11 is 0. The van der Waals surface area contributed by atoms with Gasteiger partial charge in [0.15, 0.2) is 0 Å². The number of aliphatic hydroxyl groups is 1. The first-order chi connectivity index (χ1) is 6.93. The van der Waals surface area contributed by atoms with Crippen LogP contribution >= 0.6 is 0 Å². The van der Waals surface area contributed by atoms with Crippen molar-refractivity contribution in [2.75, 3.05) is 6.54 Å². The van der Waals surface area contributed by atoms with Crippen molar-refractivity contribution in [3.63, 3.8) is 0 Å². The Hall–Kier alpha value is -0.570. The fourth-order valence-electron chi connectivity index (χ4n) is 2.20. The van der Waals surface area contributed by atoms with Gasteiger partial charge in [0.25, 0.3) is 0 Å². The Morgan fingerprint density at radius 2 is 1.93 bits per heavy atom. The number of hydrogen-bond donors (Lipinski definition) is 1. The Balaban J connectivity index is 0.000000337. The summed E-state index contributed by atoms with van der Waals surface area (Å²) in [5.74, 6) is 0.251. The third-order valence-electron chi connectivity index (χ3n) is 2.91. The third kappa shape index (κ3) is 2.51. The highest BCUT2D eigenvalue weighted by molar-refractivity contribution is 5.79. The van der Waals surface area contributed by atoms with Gasteiger partial charge in [-0.25, -0.2) is 0 Å². The van der Waals surface area contributed by atoms with Crippen molar-refractivity contribution in [2.24, 2.45) is 5.92 Å². The summed E-state index contributed by atoms with van der Waals surface area (Å²) in [4.78, 5) is 13.4. The number of hydrogen-bond acceptors (Lipinski definition) is 2. The number of carbonyl (C=O) groups is 1. The lowest BCUT2D eigenvalue weighted by Crippen LogP contribution is -2.41. The molecular formula is C12H23NO2. The monoisotopic (exact) mass is 213 g/mol. The van der Waals surface area contributed by atoms with Crippen LogP contribution in [-0.4, -0.2) is 34.1 Å². The third-order valence-corrected chi connectivity index (χ3v) is 2.91. The topological polar surface area (TPSA) is 40.5 Å². The molecule has 3 heteroatoms. The minimum atomic E-state index is -0.519. The maximum Gasteiger partial charge on any atom is 0.225 e. The summed E-state index contributed by atoms with van der Waals surface area (Å²) in [6.07, 6.45) is 2.84. The number of nitrogens with zero attached hydrogens (tertiary/aromatic N) is 1. The lowest BCUT2D eigenvalue weighted by atomic mass is 9.81. The summed E-state index contributed by atoms with van der Waals surface area (Å²) in [5, 5.41) is 9.67. The molecule has 0 aromatic heterocycles. The normalized spacial score (nSPS) is 32.1. The van der Waals surface area contributed by atoms with Crippen molar-refractivity contribution in [3.05, 3.63) is 0 Å². The second kappa shape index (κ2) is 4.52. The second-order valence-electron chi connectivity index (χ2n) is 5.11. The first-order valence-electron chi connectivity index (χ1n) is 5.96. The molecule has 0 aromatic rings. The van der Waals surface area contributed by atoms with Gasteiger partial charge in [0.2, 0.25) is 5.91 Å². The van der Waals surface area contributed by atoms with E-state index in [1.807, 2.05) is 18.7 Å². The van der Waals surface area contributed by atoms with E-state index in [2.05, 4.69) is 13.8 Å². The zero-order valence-corrected chi connectivity index (χ0v) is 10.3. The van der Waals surface area contributed by atoms with Crippen molar-refractivity contribution in [3.8, 4) is 0 Å². The first kappa shape index (κ1) is 12.5. The van der Waals surface area contributed by atoms with E-state index >= 15 is 0 Å². The maximum absolute atomic E-state index is 11.5. The molecule has 3 aliphatic rings. The van der Waals surface area contributed by atoms with E-state index < -0.39 is 5.60 Å². The van der Waals surface area contributed by atoms with Crippen LogP contribution in [0.15, 0.2) is 0 Å². The molecular weight excluding hydrogens is 190 g/mol. The van der Waals surface area contributed by atoms with Gasteiger partial charge in [-0.1, -0.05) is 34.1 Å². The van der Waals surface area contributed by atoms with Gasteiger partial charge in [-0.2, -0.15) is 0 Å². The predicted molar refractivity (Wildman–Crippen MR) is 60.5 cm³/mol. The molecule has 0 aromatic carbocycles. The summed E-state index contributed by atoms with van der Waals surface area (Å²) in [6, 6.07) is 0.338. The number of amides is 1. The van der Waals surface area contributed by atoms with Gasteiger partial charge in [-0.05, 0) is 12.8 Å². The Bertz CT molecular complexity index is 232. The Morgan fingerprint density at radius 3 is 2.20 bits per heavy atom. The van der Waals surface area contributed by atoms with Crippen molar-refractivity contribution >= 4 is 5.91 Å². The first-order valence-corrected chi connectivity index (χ1v) is 5.96. The molecule has 2 bridgehead atoms. The number of carbonyl (C=O) groups excluding carboxylic acids is 1. The van der Waals surface area contributed by atoms with Gasteiger partial charge in [-0.15, -0.1) is 0 Å². The molecule has 1 N–H and O–H groups in total. The van der Waals surface area contributed by atoms with Gasteiger partial charge in [0, 0.05) is 18.5 Å². The van der Waals surface area contributed by atoms with E-state index in [1.165, 1.54) is 6.42 Å². The molecule has 1 saturated carbocycles. The predicted octanol–water partition coefficient (Wildman–Crippen LogP) is 1.79. The Kier molecular flexibility index (Phi) is 3.77. The van der Waals surface area contributed by atoms with E-state index in [0.29, 0.717) is 12.6 Å². The van der Waals surface area contributed by atoms with Crippen LogP contribution < -0.4 is 0 Å². The van der Waals surface area contributed by atoms with Gasteiger partial charge in [0.1, 0.15) is 0 Å². The zero-order chi connectivity index (χ0) is 11.6. The molecule has 3 rings (SSSR count). The van der Waals surface area contributed by atoms with E-state index in [4.69, 9.17) is 0 Å². The molecule has 2 aliphatic heterocycles. The van der Waals surface area contributed by atoms with Gasteiger partial charge < -0.3 is 10.0 Å². The average Bonchev–Trinajstić information content (AvgIpc) is 2.57. The van der Waals surface area contributed by atoms with Gasteiger partial charge >= 0.3 is 0 Å². The molecule has 0 radical (unpaired) electrons. The van der Waals surface area contributed by atoms with E-state index in [9.17, 15) is 9.90 Å². The standard InChI is InChI=1S/C9H15NO2.C3H8/c1-6(2)8(11)10-5-9(12)3-7(10)4-9;1-3-2/h6-7,12H,3-5H2,1-2H3;3H2,1-2H3. The maximum atomic E-state index is 11.5.